The lowest BCUT2D eigenvalue weighted by molar-refractivity contribution is 0.0926. The standard InChI is InChI=1S/C25H23NO2/c1-16-4-9-19(10-5-16)15-26-25(27)24-23(20-11-6-17(2)7-12-20)21-14-18(3)8-13-22(21)28-24/h4-14H,15H2,1-3H3,(H,26,27). The maximum Gasteiger partial charge on any atom is 0.287 e. The van der Waals surface area contributed by atoms with Crippen molar-refractivity contribution in [2.45, 2.75) is 27.3 Å². The van der Waals surface area contributed by atoms with Gasteiger partial charge in [-0.05, 0) is 44.0 Å². The predicted molar refractivity (Wildman–Crippen MR) is 113 cm³/mol. The van der Waals surface area contributed by atoms with Crippen LogP contribution in [0.2, 0.25) is 0 Å². The number of amides is 1. The molecule has 0 saturated heterocycles. The van der Waals surface area contributed by atoms with Crippen molar-refractivity contribution in [1.29, 1.82) is 0 Å². The molecule has 1 amide bonds. The molecule has 0 saturated carbocycles. The summed E-state index contributed by atoms with van der Waals surface area (Å²) in [5, 5.41) is 3.96. The molecule has 0 aliphatic carbocycles. The molecule has 0 spiro atoms. The van der Waals surface area contributed by atoms with Crippen molar-refractivity contribution in [1.82, 2.24) is 5.32 Å². The minimum Gasteiger partial charge on any atom is -0.450 e. The Morgan fingerprint density at radius 3 is 2.11 bits per heavy atom. The molecule has 4 rings (SSSR count). The normalized spacial score (nSPS) is 11.0. The van der Waals surface area contributed by atoms with Crippen LogP contribution in [0.3, 0.4) is 0 Å². The van der Waals surface area contributed by atoms with E-state index in [1.807, 2.05) is 62.4 Å². The van der Waals surface area contributed by atoms with Gasteiger partial charge in [0, 0.05) is 17.5 Å². The summed E-state index contributed by atoms with van der Waals surface area (Å²) in [6, 6.07) is 22.3. The van der Waals surface area contributed by atoms with E-state index in [1.54, 1.807) is 0 Å². The first-order valence-corrected chi connectivity index (χ1v) is 9.45. The molecule has 140 valence electrons. The first kappa shape index (κ1) is 18.1. The molecule has 0 aliphatic heterocycles. The van der Waals surface area contributed by atoms with Crippen molar-refractivity contribution in [3.8, 4) is 11.1 Å². The van der Waals surface area contributed by atoms with Gasteiger partial charge in [-0.1, -0.05) is 71.3 Å². The van der Waals surface area contributed by atoms with E-state index >= 15 is 0 Å². The molecular weight excluding hydrogens is 346 g/mol. The molecule has 0 radical (unpaired) electrons. The van der Waals surface area contributed by atoms with Crippen LogP contribution in [0.5, 0.6) is 0 Å². The molecule has 0 fully saturated rings. The number of carbonyl (C=O) groups is 1. The second-order valence-corrected chi connectivity index (χ2v) is 7.34. The lowest BCUT2D eigenvalue weighted by atomic mass is 9.99. The van der Waals surface area contributed by atoms with Crippen molar-refractivity contribution >= 4 is 16.9 Å². The molecule has 3 aromatic carbocycles. The van der Waals surface area contributed by atoms with E-state index < -0.39 is 0 Å². The lowest BCUT2D eigenvalue weighted by Crippen LogP contribution is -2.22. The highest BCUT2D eigenvalue weighted by molar-refractivity contribution is 6.08. The summed E-state index contributed by atoms with van der Waals surface area (Å²) >= 11 is 0. The van der Waals surface area contributed by atoms with Gasteiger partial charge in [0.1, 0.15) is 5.58 Å². The van der Waals surface area contributed by atoms with Crippen molar-refractivity contribution in [3.05, 3.63) is 94.7 Å². The van der Waals surface area contributed by atoms with Crippen molar-refractivity contribution in [2.24, 2.45) is 0 Å². The van der Waals surface area contributed by atoms with Crippen LogP contribution >= 0.6 is 0 Å². The SMILES string of the molecule is Cc1ccc(CNC(=O)c2oc3ccc(C)cc3c2-c2ccc(C)cc2)cc1. The molecule has 1 heterocycles. The third-order valence-corrected chi connectivity index (χ3v) is 4.96. The maximum atomic E-state index is 13.0. The lowest BCUT2D eigenvalue weighted by Gasteiger charge is -2.07. The van der Waals surface area contributed by atoms with Crippen LogP contribution in [-0.4, -0.2) is 5.91 Å². The quantitative estimate of drug-likeness (QED) is 0.482. The molecule has 28 heavy (non-hydrogen) atoms. The number of nitrogens with one attached hydrogen (secondary N) is 1. The Bertz CT molecular complexity index is 1140. The number of benzene rings is 3. The minimum absolute atomic E-state index is 0.204. The molecule has 0 bridgehead atoms. The third kappa shape index (κ3) is 3.56. The maximum absolute atomic E-state index is 13.0. The summed E-state index contributed by atoms with van der Waals surface area (Å²) in [5.41, 5.74) is 7.12. The second-order valence-electron chi connectivity index (χ2n) is 7.34. The Morgan fingerprint density at radius 1 is 0.821 bits per heavy atom. The fourth-order valence-electron chi connectivity index (χ4n) is 3.35. The van der Waals surface area contributed by atoms with E-state index in [2.05, 4.69) is 30.4 Å². The molecule has 0 atom stereocenters. The highest BCUT2D eigenvalue weighted by Gasteiger charge is 2.22. The van der Waals surface area contributed by atoms with Gasteiger partial charge in [0.15, 0.2) is 0 Å². The number of fused-ring (bicyclic) bond motifs is 1. The van der Waals surface area contributed by atoms with Crippen molar-refractivity contribution < 1.29 is 9.21 Å². The van der Waals surface area contributed by atoms with E-state index in [4.69, 9.17) is 4.42 Å². The van der Waals surface area contributed by atoms with Crippen LogP contribution in [0.4, 0.5) is 0 Å². The molecule has 4 aromatic rings. The summed E-state index contributed by atoms with van der Waals surface area (Å²) in [6.07, 6.45) is 0. The van der Waals surface area contributed by atoms with Crippen LogP contribution in [-0.2, 0) is 6.54 Å². The Kier molecular flexibility index (Phi) is 4.74. The van der Waals surface area contributed by atoms with Crippen LogP contribution < -0.4 is 5.32 Å². The molecule has 1 N–H and O–H groups in total. The molecule has 0 aliphatic rings. The molecule has 3 nitrogen and oxygen atoms in total. The largest absolute Gasteiger partial charge is 0.450 e. The smallest absolute Gasteiger partial charge is 0.287 e. The topological polar surface area (TPSA) is 42.2 Å². The average Bonchev–Trinajstić information content (AvgIpc) is 3.06. The van der Waals surface area contributed by atoms with E-state index in [-0.39, 0.29) is 5.91 Å². The van der Waals surface area contributed by atoms with E-state index in [0.29, 0.717) is 12.3 Å². The number of furan rings is 1. The van der Waals surface area contributed by atoms with Gasteiger partial charge in [0.05, 0.1) is 0 Å². The first-order chi connectivity index (χ1) is 13.5. The van der Waals surface area contributed by atoms with Crippen molar-refractivity contribution in [3.63, 3.8) is 0 Å². The Balaban J connectivity index is 1.72. The third-order valence-electron chi connectivity index (χ3n) is 4.96. The van der Waals surface area contributed by atoms with Gasteiger partial charge in [-0.2, -0.15) is 0 Å². The zero-order chi connectivity index (χ0) is 19.7. The minimum atomic E-state index is -0.204. The molecule has 1 aromatic heterocycles. The van der Waals surface area contributed by atoms with Gasteiger partial charge >= 0.3 is 0 Å². The highest BCUT2D eigenvalue weighted by Crippen LogP contribution is 2.35. The van der Waals surface area contributed by atoms with Gasteiger partial charge in [-0.3, -0.25) is 4.79 Å². The van der Waals surface area contributed by atoms with Gasteiger partial charge in [0.2, 0.25) is 5.76 Å². The van der Waals surface area contributed by atoms with Crippen LogP contribution in [0.1, 0.15) is 32.8 Å². The van der Waals surface area contributed by atoms with Gasteiger partial charge < -0.3 is 9.73 Å². The molecular formula is C25H23NO2. The number of aryl methyl sites for hydroxylation is 3. The summed E-state index contributed by atoms with van der Waals surface area (Å²) < 4.78 is 6.00. The predicted octanol–water partition coefficient (Wildman–Crippen LogP) is 5.96. The molecule has 3 heteroatoms. The summed E-state index contributed by atoms with van der Waals surface area (Å²) in [6.45, 7) is 6.61. The molecule has 0 unspecified atom stereocenters. The number of hydrogen-bond donors (Lipinski definition) is 1. The fraction of sp³-hybridized carbons (Fsp3) is 0.160. The summed E-state index contributed by atoms with van der Waals surface area (Å²) in [7, 11) is 0. The van der Waals surface area contributed by atoms with Crippen LogP contribution in [0.15, 0.2) is 71.1 Å². The van der Waals surface area contributed by atoms with E-state index in [1.165, 1.54) is 11.1 Å². The summed E-state index contributed by atoms with van der Waals surface area (Å²) in [5.74, 6) is 0.154. The van der Waals surface area contributed by atoms with E-state index in [9.17, 15) is 4.79 Å². The number of hydrogen-bond acceptors (Lipinski definition) is 2. The summed E-state index contributed by atoms with van der Waals surface area (Å²) in [4.78, 5) is 13.0. The fourth-order valence-corrected chi connectivity index (χ4v) is 3.35. The zero-order valence-corrected chi connectivity index (χ0v) is 16.4. The Labute approximate surface area is 165 Å². The highest BCUT2D eigenvalue weighted by atomic mass is 16.3. The van der Waals surface area contributed by atoms with Gasteiger partial charge in [-0.25, -0.2) is 0 Å². The number of rotatable bonds is 4. The number of carbonyl (C=O) groups excluding carboxylic acids is 1. The Morgan fingerprint density at radius 2 is 1.43 bits per heavy atom. The second kappa shape index (κ2) is 7.35. The van der Waals surface area contributed by atoms with Gasteiger partial charge in [0.25, 0.3) is 5.91 Å². The van der Waals surface area contributed by atoms with Gasteiger partial charge in [-0.15, -0.1) is 0 Å². The van der Waals surface area contributed by atoms with Crippen LogP contribution in [0, 0.1) is 20.8 Å². The van der Waals surface area contributed by atoms with Crippen LogP contribution in [0.25, 0.3) is 22.1 Å². The Hall–Kier alpha value is -3.33. The average molecular weight is 369 g/mol. The first-order valence-electron chi connectivity index (χ1n) is 9.45. The zero-order valence-electron chi connectivity index (χ0n) is 16.4. The van der Waals surface area contributed by atoms with Crippen molar-refractivity contribution in [2.75, 3.05) is 0 Å². The van der Waals surface area contributed by atoms with E-state index in [0.717, 1.165) is 33.2 Å². The monoisotopic (exact) mass is 369 g/mol.